The second kappa shape index (κ2) is 9.03. The number of ether oxygens (including phenoxy) is 2. The lowest BCUT2D eigenvalue weighted by atomic mass is 10.2. The van der Waals surface area contributed by atoms with Gasteiger partial charge >= 0.3 is 11.9 Å². The smallest absolute Gasteiger partial charge is 0.339 e. The molecule has 0 saturated heterocycles. The van der Waals surface area contributed by atoms with E-state index in [0.717, 1.165) is 35.7 Å². The largest absolute Gasteiger partial charge is 0.465 e. The zero-order chi connectivity index (χ0) is 20.9. The van der Waals surface area contributed by atoms with E-state index in [9.17, 15) is 22.4 Å². The van der Waals surface area contributed by atoms with E-state index in [-0.39, 0.29) is 27.8 Å². The summed E-state index contributed by atoms with van der Waals surface area (Å²) in [5, 5.41) is 0.0471. The highest BCUT2D eigenvalue weighted by atomic mass is 35.5. The number of carbonyl (C=O) groups excluding carboxylic acids is 2. The average Bonchev–Trinajstić information content (AvgIpc) is 2.66. The van der Waals surface area contributed by atoms with E-state index in [2.05, 4.69) is 4.74 Å². The van der Waals surface area contributed by atoms with Gasteiger partial charge in [-0.15, -0.1) is 0 Å². The van der Waals surface area contributed by atoms with Crippen LogP contribution in [-0.4, -0.2) is 40.6 Å². The fourth-order valence-corrected chi connectivity index (χ4v) is 3.90. The van der Waals surface area contributed by atoms with E-state index in [1.165, 1.54) is 18.2 Å². The number of hydrogen-bond acceptors (Lipinski definition) is 6. The number of carbonyl (C=O) groups is 2. The third-order valence-electron chi connectivity index (χ3n) is 3.62. The highest BCUT2D eigenvalue weighted by molar-refractivity contribution is 7.92. The summed E-state index contributed by atoms with van der Waals surface area (Å²) in [5.41, 5.74) is -0.0907. The normalized spacial score (nSPS) is 11.0. The van der Waals surface area contributed by atoms with Gasteiger partial charge in [0.15, 0.2) is 0 Å². The molecule has 0 aliphatic heterocycles. The third-order valence-corrected chi connectivity index (χ3v) is 5.74. The molecule has 150 valence electrons. The fourth-order valence-electron chi connectivity index (χ4n) is 2.31. The maximum absolute atomic E-state index is 13.2. The Balaban J connectivity index is 2.58. The standard InChI is InChI=1S/C18H17ClFNO6S/c1-3-27-17(22)11-21(28(24,25)14-7-4-12(20)5-8-14)13-6-9-16(19)15(10-13)18(23)26-2/h4-10H,3,11H2,1-2H3. The van der Waals surface area contributed by atoms with Gasteiger partial charge in [0.1, 0.15) is 12.4 Å². The van der Waals surface area contributed by atoms with Crippen molar-refractivity contribution in [2.24, 2.45) is 0 Å². The summed E-state index contributed by atoms with van der Waals surface area (Å²) in [4.78, 5) is 23.6. The van der Waals surface area contributed by atoms with Gasteiger partial charge in [0.05, 0.1) is 34.9 Å². The minimum Gasteiger partial charge on any atom is -0.465 e. The van der Waals surface area contributed by atoms with Gasteiger partial charge in [0, 0.05) is 0 Å². The molecule has 0 heterocycles. The van der Waals surface area contributed by atoms with Crippen LogP contribution in [0, 0.1) is 5.82 Å². The van der Waals surface area contributed by atoms with Crippen molar-refractivity contribution in [3.63, 3.8) is 0 Å². The first-order chi connectivity index (χ1) is 13.2. The summed E-state index contributed by atoms with van der Waals surface area (Å²) in [7, 11) is -3.13. The van der Waals surface area contributed by atoms with E-state index in [4.69, 9.17) is 16.3 Å². The van der Waals surface area contributed by atoms with Crippen molar-refractivity contribution < 1.29 is 31.9 Å². The molecule has 0 aliphatic rings. The molecule has 28 heavy (non-hydrogen) atoms. The highest BCUT2D eigenvalue weighted by Gasteiger charge is 2.29. The molecule has 10 heteroatoms. The van der Waals surface area contributed by atoms with Gasteiger partial charge in [-0.2, -0.15) is 0 Å². The monoisotopic (exact) mass is 429 g/mol. The van der Waals surface area contributed by atoms with Gasteiger partial charge in [-0.05, 0) is 49.4 Å². The predicted molar refractivity (Wildman–Crippen MR) is 100 cm³/mol. The second-order valence-corrected chi connectivity index (χ2v) is 7.70. The Morgan fingerprint density at radius 1 is 1.14 bits per heavy atom. The van der Waals surface area contributed by atoms with Crippen molar-refractivity contribution in [3.8, 4) is 0 Å². The molecule has 0 N–H and O–H groups in total. The number of rotatable bonds is 7. The molecule has 0 amide bonds. The molecule has 0 radical (unpaired) electrons. The van der Waals surface area contributed by atoms with E-state index in [1.807, 2.05) is 0 Å². The Morgan fingerprint density at radius 2 is 1.79 bits per heavy atom. The summed E-state index contributed by atoms with van der Waals surface area (Å²) in [6.07, 6.45) is 0. The number of benzene rings is 2. The van der Waals surface area contributed by atoms with Crippen LogP contribution in [0.1, 0.15) is 17.3 Å². The lowest BCUT2D eigenvalue weighted by Gasteiger charge is -2.24. The molecule has 0 saturated carbocycles. The van der Waals surface area contributed by atoms with Gasteiger partial charge in [0.2, 0.25) is 0 Å². The van der Waals surface area contributed by atoms with Crippen LogP contribution in [-0.2, 0) is 24.3 Å². The van der Waals surface area contributed by atoms with Gasteiger partial charge in [-0.25, -0.2) is 17.6 Å². The van der Waals surface area contributed by atoms with Gasteiger partial charge in [-0.3, -0.25) is 9.10 Å². The molecule has 0 spiro atoms. The summed E-state index contributed by atoms with van der Waals surface area (Å²) in [6, 6.07) is 7.93. The molecule has 2 aromatic carbocycles. The first-order valence-corrected chi connectivity index (χ1v) is 9.84. The third kappa shape index (κ3) is 4.79. The van der Waals surface area contributed by atoms with Crippen molar-refractivity contribution in [1.82, 2.24) is 0 Å². The van der Waals surface area contributed by atoms with Crippen molar-refractivity contribution in [2.75, 3.05) is 24.6 Å². The Bertz CT molecular complexity index is 978. The summed E-state index contributed by atoms with van der Waals surface area (Å²) in [5.74, 6) is -2.19. The molecule has 0 fully saturated rings. The van der Waals surface area contributed by atoms with Crippen molar-refractivity contribution in [1.29, 1.82) is 0 Å². The Labute approximate surface area is 166 Å². The highest BCUT2D eigenvalue weighted by Crippen LogP contribution is 2.28. The molecule has 2 rings (SSSR count). The predicted octanol–water partition coefficient (Wildman–Crippen LogP) is 3.02. The first-order valence-electron chi connectivity index (χ1n) is 8.02. The van der Waals surface area contributed by atoms with Crippen molar-refractivity contribution in [2.45, 2.75) is 11.8 Å². The lowest BCUT2D eigenvalue weighted by Crippen LogP contribution is -2.36. The first kappa shape index (κ1) is 21.6. The molecule has 0 aliphatic carbocycles. The van der Waals surface area contributed by atoms with Crippen LogP contribution >= 0.6 is 11.6 Å². The SMILES string of the molecule is CCOC(=O)CN(c1ccc(Cl)c(C(=O)OC)c1)S(=O)(=O)c1ccc(F)cc1. The fraction of sp³-hybridized carbons (Fsp3) is 0.222. The number of methoxy groups -OCH3 is 1. The molecule has 0 unspecified atom stereocenters. The Kier molecular flexibility index (Phi) is 6.98. The molecule has 0 bridgehead atoms. The van der Waals surface area contributed by atoms with E-state index in [0.29, 0.717) is 0 Å². The van der Waals surface area contributed by atoms with E-state index >= 15 is 0 Å². The van der Waals surface area contributed by atoms with Crippen LogP contribution in [0.4, 0.5) is 10.1 Å². The Hall–Kier alpha value is -2.65. The maximum atomic E-state index is 13.2. The van der Waals surface area contributed by atoms with Crippen LogP contribution < -0.4 is 4.31 Å². The zero-order valence-electron chi connectivity index (χ0n) is 15.0. The number of esters is 2. The average molecular weight is 430 g/mol. The van der Waals surface area contributed by atoms with Crippen molar-refractivity contribution >= 4 is 39.3 Å². The number of hydrogen-bond donors (Lipinski definition) is 0. The number of nitrogens with zero attached hydrogens (tertiary/aromatic N) is 1. The lowest BCUT2D eigenvalue weighted by molar-refractivity contribution is -0.141. The van der Waals surface area contributed by atoms with Crippen LogP contribution in [0.5, 0.6) is 0 Å². The summed E-state index contributed by atoms with van der Waals surface area (Å²) < 4.78 is 49.5. The maximum Gasteiger partial charge on any atom is 0.339 e. The molecular weight excluding hydrogens is 413 g/mol. The Morgan fingerprint density at radius 3 is 2.36 bits per heavy atom. The van der Waals surface area contributed by atoms with Crippen LogP contribution in [0.15, 0.2) is 47.4 Å². The van der Waals surface area contributed by atoms with E-state index < -0.39 is 34.3 Å². The minimum absolute atomic E-state index is 0.0119. The minimum atomic E-state index is -4.28. The summed E-state index contributed by atoms with van der Waals surface area (Å²) >= 11 is 5.98. The number of sulfonamides is 1. The van der Waals surface area contributed by atoms with Gasteiger partial charge < -0.3 is 9.47 Å². The van der Waals surface area contributed by atoms with Gasteiger partial charge in [0.25, 0.3) is 10.0 Å². The molecule has 0 atom stereocenters. The summed E-state index contributed by atoms with van der Waals surface area (Å²) in [6.45, 7) is 0.974. The molecule has 2 aromatic rings. The molecular formula is C18H17ClFNO6S. The van der Waals surface area contributed by atoms with Crippen LogP contribution in [0.2, 0.25) is 5.02 Å². The zero-order valence-corrected chi connectivity index (χ0v) is 16.6. The van der Waals surface area contributed by atoms with Crippen molar-refractivity contribution in [3.05, 3.63) is 58.9 Å². The van der Waals surface area contributed by atoms with E-state index in [1.54, 1.807) is 6.92 Å². The topological polar surface area (TPSA) is 90.0 Å². The quantitative estimate of drug-likeness (QED) is 0.628. The number of halogens is 2. The van der Waals surface area contributed by atoms with Gasteiger partial charge in [-0.1, -0.05) is 11.6 Å². The van der Waals surface area contributed by atoms with Crippen LogP contribution in [0.3, 0.4) is 0 Å². The molecule has 0 aromatic heterocycles. The number of anilines is 1. The molecule has 7 nitrogen and oxygen atoms in total. The van der Waals surface area contributed by atoms with Crippen LogP contribution in [0.25, 0.3) is 0 Å². The second-order valence-electron chi connectivity index (χ2n) is 5.43.